The lowest BCUT2D eigenvalue weighted by Crippen LogP contribution is -2.15. The summed E-state index contributed by atoms with van der Waals surface area (Å²) in [5.41, 5.74) is 3.85. The van der Waals surface area contributed by atoms with Crippen LogP contribution in [0.1, 0.15) is 36.2 Å². The number of aliphatic hydroxyl groups excluding tert-OH is 1. The summed E-state index contributed by atoms with van der Waals surface area (Å²) in [5, 5.41) is 10.0. The van der Waals surface area contributed by atoms with Crippen LogP contribution in [0.4, 0.5) is 0 Å². The van der Waals surface area contributed by atoms with E-state index in [2.05, 4.69) is 6.58 Å². The van der Waals surface area contributed by atoms with Crippen molar-refractivity contribution in [3.8, 4) is 0 Å². The second-order valence-corrected chi connectivity index (χ2v) is 4.67. The lowest BCUT2D eigenvalue weighted by atomic mass is 9.84. The van der Waals surface area contributed by atoms with Crippen LogP contribution in [0.5, 0.6) is 0 Å². The van der Waals surface area contributed by atoms with Gasteiger partial charge in [-0.25, -0.2) is 0 Å². The number of ketones is 1. The van der Waals surface area contributed by atoms with Gasteiger partial charge in [0.15, 0.2) is 5.76 Å². The predicted octanol–water partition coefficient (Wildman–Crippen LogP) is 4.06. The van der Waals surface area contributed by atoms with Gasteiger partial charge in [0.25, 0.3) is 0 Å². The maximum Gasteiger partial charge on any atom is 0.228 e. The van der Waals surface area contributed by atoms with E-state index in [1.807, 2.05) is 32.1 Å². The summed E-state index contributed by atoms with van der Waals surface area (Å²) >= 11 is 0. The molecule has 0 aliphatic heterocycles. The van der Waals surface area contributed by atoms with Crippen molar-refractivity contribution in [3.05, 3.63) is 65.0 Å². The summed E-state index contributed by atoms with van der Waals surface area (Å²) < 4.78 is 0. The number of aliphatic hydroxyl groups is 1. The maximum atomic E-state index is 12.0. The van der Waals surface area contributed by atoms with Gasteiger partial charge in [-0.2, -0.15) is 0 Å². The number of Topliss-reactive ketones (excluding diaryl/α,β-unsaturated/α-hetero) is 1. The first-order valence-corrected chi connectivity index (χ1v) is 5.91. The number of benzene rings is 1. The molecule has 1 N–H and O–H groups in total. The zero-order valence-corrected chi connectivity index (χ0v) is 10.7. The zero-order chi connectivity index (χ0) is 13.3. The molecular formula is C16H16O2. The Labute approximate surface area is 107 Å². The van der Waals surface area contributed by atoms with Crippen molar-refractivity contribution in [1.82, 2.24) is 0 Å². The third-order valence-corrected chi connectivity index (χ3v) is 3.08. The lowest BCUT2D eigenvalue weighted by molar-refractivity contribution is 0.0973. The summed E-state index contributed by atoms with van der Waals surface area (Å²) in [6, 6.07) is 7.25. The van der Waals surface area contributed by atoms with Crippen LogP contribution in [0.15, 0.2) is 53.8 Å². The van der Waals surface area contributed by atoms with Gasteiger partial charge in [0.2, 0.25) is 5.78 Å². The van der Waals surface area contributed by atoms with Crippen LogP contribution < -0.4 is 0 Å². The Morgan fingerprint density at radius 3 is 2.50 bits per heavy atom. The number of carbonyl (C=O) groups excluding carboxylic acids is 1. The third kappa shape index (κ3) is 2.02. The molecule has 1 aromatic carbocycles. The monoisotopic (exact) mass is 240 g/mol. The summed E-state index contributed by atoms with van der Waals surface area (Å²) in [6.07, 6.45) is 2.52. The number of fused-ring (bicyclic) bond motifs is 1. The summed E-state index contributed by atoms with van der Waals surface area (Å²) in [7, 11) is 0. The minimum atomic E-state index is -0.310. The Morgan fingerprint density at radius 1 is 1.28 bits per heavy atom. The fourth-order valence-corrected chi connectivity index (χ4v) is 2.04. The van der Waals surface area contributed by atoms with Crippen LogP contribution in [-0.2, 0) is 0 Å². The predicted molar refractivity (Wildman–Crippen MR) is 73.5 cm³/mol. The summed E-state index contributed by atoms with van der Waals surface area (Å²) in [5.74, 6) is -0.480. The molecule has 0 unspecified atom stereocenters. The van der Waals surface area contributed by atoms with E-state index in [0.717, 1.165) is 16.7 Å². The molecule has 0 aromatic heterocycles. The molecule has 0 atom stereocenters. The highest BCUT2D eigenvalue weighted by atomic mass is 16.3. The average Bonchev–Trinajstić information content (AvgIpc) is 2.36. The molecule has 2 nitrogen and oxygen atoms in total. The van der Waals surface area contributed by atoms with Crippen LogP contribution in [0.3, 0.4) is 0 Å². The average molecular weight is 240 g/mol. The molecule has 0 spiro atoms. The molecule has 2 heteroatoms. The van der Waals surface area contributed by atoms with E-state index < -0.39 is 0 Å². The first-order chi connectivity index (χ1) is 8.52. The topological polar surface area (TPSA) is 37.3 Å². The second-order valence-electron chi connectivity index (χ2n) is 4.67. The second kappa shape index (κ2) is 4.65. The van der Waals surface area contributed by atoms with Gasteiger partial charge in [-0.3, -0.25) is 4.79 Å². The van der Waals surface area contributed by atoms with E-state index in [4.69, 9.17) is 0 Å². The highest BCUT2D eigenvalue weighted by Gasteiger charge is 2.27. The van der Waals surface area contributed by atoms with Crippen molar-refractivity contribution in [2.75, 3.05) is 0 Å². The molecule has 92 valence electrons. The van der Waals surface area contributed by atoms with Crippen LogP contribution in [-0.4, -0.2) is 10.9 Å². The molecule has 0 fully saturated rings. The van der Waals surface area contributed by atoms with Crippen LogP contribution in [0, 0.1) is 0 Å². The Bertz CT molecular complexity index is 585. The Kier molecular flexibility index (Phi) is 3.19. The number of allylic oxidation sites excluding steroid dienone is 5. The molecular weight excluding hydrogens is 224 g/mol. The number of hydrogen-bond acceptors (Lipinski definition) is 2. The minimum absolute atomic E-state index is 0.170. The van der Waals surface area contributed by atoms with Gasteiger partial charge in [-0.15, -0.1) is 0 Å². The normalized spacial score (nSPS) is 14.6. The van der Waals surface area contributed by atoms with Gasteiger partial charge >= 0.3 is 0 Å². The SMILES string of the molecule is C=C1C(CC=C(C)C)=C(O)C(=O)c2ccccc21. The van der Waals surface area contributed by atoms with E-state index in [1.54, 1.807) is 12.1 Å². The molecule has 0 saturated carbocycles. The molecule has 1 aliphatic rings. The van der Waals surface area contributed by atoms with E-state index in [9.17, 15) is 9.90 Å². The summed E-state index contributed by atoms with van der Waals surface area (Å²) in [4.78, 5) is 12.0. The van der Waals surface area contributed by atoms with E-state index in [1.165, 1.54) is 0 Å². The van der Waals surface area contributed by atoms with Crippen LogP contribution in [0.2, 0.25) is 0 Å². The quantitative estimate of drug-likeness (QED) is 0.791. The maximum absolute atomic E-state index is 12.0. The van der Waals surface area contributed by atoms with Crippen LogP contribution >= 0.6 is 0 Å². The molecule has 18 heavy (non-hydrogen) atoms. The van der Waals surface area contributed by atoms with Crippen molar-refractivity contribution in [3.63, 3.8) is 0 Å². The first-order valence-electron chi connectivity index (χ1n) is 5.91. The van der Waals surface area contributed by atoms with Gasteiger partial charge in [0, 0.05) is 11.1 Å². The fraction of sp³-hybridized carbons (Fsp3) is 0.188. The van der Waals surface area contributed by atoms with E-state index in [-0.39, 0.29) is 11.5 Å². The Morgan fingerprint density at radius 2 is 1.89 bits per heavy atom. The van der Waals surface area contributed by atoms with Gasteiger partial charge in [-0.1, -0.05) is 42.5 Å². The van der Waals surface area contributed by atoms with Gasteiger partial charge in [0.05, 0.1) is 0 Å². The minimum Gasteiger partial charge on any atom is -0.504 e. The number of rotatable bonds is 2. The smallest absolute Gasteiger partial charge is 0.228 e. The van der Waals surface area contributed by atoms with Gasteiger partial charge in [0.1, 0.15) is 0 Å². The fourth-order valence-electron chi connectivity index (χ4n) is 2.04. The largest absolute Gasteiger partial charge is 0.504 e. The molecule has 0 heterocycles. The molecule has 0 bridgehead atoms. The molecule has 1 aliphatic carbocycles. The highest BCUT2D eigenvalue weighted by Crippen LogP contribution is 2.35. The Hall–Kier alpha value is -2.09. The number of carbonyl (C=O) groups is 1. The van der Waals surface area contributed by atoms with Crippen LogP contribution in [0.25, 0.3) is 5.57 Å². The standard InChI is InChI=1S/C16H16O2/c1-10(2)8-9-13-11(3)12-6-4-5-7-14(12)16(18)15(13)17/h4-8,17H,3,9H2,1-2H3. The van der Waals surface area contributed by atoms with Crippen molar-refractivity contribution < 1.29 is 9.90 Å². The molecule has 0 amide bonds. The zero-order valence-electron chi connectivity index (χ0n) is 10.7. The van der Waals surface area contributed by atoms with Crippen molar-refractivity contribution in [1.29, 1.82) is 0 Å². The molecule has 2 rings (SSSR count). The lowest BCUT2D eigenvalue weighted by Gasteiger charge is -2.20. The van der Waals surface area contributed by atoms with E-state index >= 15 is 0 Å². The van der Waals surface area contributed by atoms with Crippen molar-refractivity contribution in [2.45, 2.75) is 20.3 Å². The third-order valence-electron chi connectivity index (χ3n) is 3.08. The van der Waals surface area contributed by atoms with E-state index in [0.29, 0.717) is 17.6 Å². The van der Waals surface area contributed by atoms with Gasteiger partial charge in [-0.05, 0) is 31.4 Å². The molecule has 0 radical (unpaired) electrons. The Balaban J connectivity index is 2.50. The molecule has 0 saturated heterocycles. The number of hydrogen-bond donors (Lipinski definition) is 1. The molecule has 1 aromatic rings. The highest BCUT2D eigenvalue weighted by molar-refractivity contribution is 6.15. The van der Waals surface area contributed by atoms with Gasteiger partial charge < -0.3 is 5.11 Å². The first kappa shape index (κ1) is 12.4. The van der Waals surface area contributed by atoms with Crippen molar-refractivity contribution in [2.24, 2.45) is 0 Å². The van der Waals surface area contributed by atoms with Crippen molar-refractivity contribution >= 4 is 11.4 Å². The summed E-state index contributed by atoms with van der Waals surface area (Å²) in [6.45, 7) is 7.97.